The van der Waals surface area contributed by atoms with Gasteiger partial charge in [-0.15, -0.1) is 0 Å². The van der Waals surface area contributed by atoms with E-state index in [0.29, 0.717) is 31.7 Å². The number of aromatic nitrogens is 1. The second-order valence-electron chi connectivity index (χ2n) is 6.50. The van der Waals surface area contributed by atoms with Gasteiger partial charge in [0.2, 0.25) is 6.41 Å². The van der Waals surface area contributed by atoms with Gasteiger partial charge in [0.05, 0.1) is 6.42 Å². The molecule has 0 spiro atoms. The van der Waals surface area contributed by atoms with Crippen molar-refractivity contribution in [1.29, 1.82) is 0 Å². The molecular weight excluding hydrogens is 418 g/mol. The number of carboxylic acids is 2. The fraction of sp³-hybridized carbons (Fsp3) is 0.389. The van der Waals surface area contributed by atoms with E-state index in [1.165, 1.54) is 0 Å². The number of benzene rings is 1. The van der Waals surface area contributed by atoms with Crippen molar-refractivity contribution in [1.82, 2.24) is 14.4 Å². The highest BCUT2D eigenvalue weighted by molar-refractivity contribution is 9.10. The van der Waals surface area contributed by atoms with Crippen LogP contribution in [0.15, 0.2) is 28.9 Å². The van der Waals surface area contributed by atoms with Crippen molar-refractivity contribution in [2.75, 3.05) is 26.2 Å². The lowest BCUT2D eigenvalue weighted by atomic mass is 10.0. The Morgan fingerprint density at radius 1 is 1.19 bits per heavy atom. The molecule has 144 valence electrons. The number of carbonyl (C=O) groups is 3. The minimum absolute atomic E-state index is 0.0466. The van der Waals surface area contributed by atoms with Crippen LogP contribution in [0.2, 0.25) is 0 Å². The van der Waals surface area contributed by atoms with E-state index in [0.717, 1.165) is 21.8 Å². The van der Waals surface area contributed by atoms with Gasteiger partial charge in [-0.3, -0.25) is 19.3 Å². The van der Waals surface area contributed by atoms with Gasteiger partial charge in [-0.2, -0.15) is 0 Å². The summed E-state index contributed by atoms with van der Waals surface area (Å²) >= 11 is 3.43. The average molecular weight is 438 g/mol. The number of nitrogens with zero attached hydrogens (tertiary/aromatic N) is 3. The predicted octanol–water partition coefficient (Wildman–Crippen LogP) is 1.78. The summed E-state index contributed by atoms with van der Waals surface area (Å²) in [6, 6.07) is 4.71. The number of rotatable bonds is 7. The molecule has 1 amide bonds. The van der Waals surface area contributed by atoms with Gasteiger partial charge in [0.25, 0.3) is 0 Å². The van der Waals surface area contributed by atoms with E-state index < -0.39 is 18.0 Å². The molecule has 27 heavy (non-hydrogen) atoms. The molecule has 1 aliphatic rings. The highest BCUT2D eigenvalue weighted by Crippen LogP contribution is 2.33. The second kappa shape index (κ2) is 8.10. The summed E-state index contributed by atoms with van der Waals surface area (Å²) in [4.78, 5) is 37.5. The zero-order chi connectivity index (χ0) is 19.6. The van der Waals surface area contributed by atoms with Crippen LogP contribution in [0.25, 0.3) is 10.9 Å². The number of halogens is 1. The van der Waals surface area contributed by atoms with Crippen molar-refractivity contribution in [3.8, 4) is 0 Å². The first-order valence-electron chi connectivity index (χ1n) is 8.57. The van der Waals surface area contributed by atoms with Gasteiger partial charge in [-0.25, -0.2) is 0 Å². The summed E-state index contributed by atoms with van der Waals surface area (Å²) in [6.45, 7) is 2.15. The maximum atomic E-state index is 12.1. The Morgan fingerprint density at radius 3 is 2.48 bits per heavy atom. The molecule has 8 nitrogen and oxygen atoms in total. The number of carboxylic acid groups (broad SMARTS) is 2. The van der Waals surface area contributed by atoms with Gasteiger partial charge in [-0.1, -0.05) is 15.9 Å². The van der Waals surface area contributed by atoms with E-state index in [2.05, 4.69) is 15.9 Å². The van der Waals surface area contributed by atoms with Crippen molar-refractivity contribution >= 4 is 45.2 Å². The molecule has 2 heterocycles. The normalized spacial score (nSPS) is 16.4. The van der Waals surface area contributed by atoms with E-state index in [9.17, 15) is 19.5 Å². The topological polar surface area (TPSA) is 103 Å². The number of fused-ring (bicyclic) bond motifs is 1. The lowest BCUT2D eigenvalue weighted by Crippen LogP contribution is -2.48. The largest absolute Gasteiger partial charge is 0.481 e. The number of piperazine rings is 1. The first-order chi connectivity index (χ1) is 12.9. The summed E-state index contributed by atoms with van der Waals surface area (Å²) in [5, 5.41) is 19.7. The van der Waals surface area contributed by atoms with Crippen molar-refractivity contribution < 1.29 is 24.6 Å². The number of carbonyl (C=O) groups excluding carboxylic acids is 1. The summed E-state index contributed by atoms with van der Waals surface area (Å²) in [5.74, 6) is -1.87. The van der Waals surface area contributed by atoms with Crippen LogP contribution >= 0.6 is 15.9 Å². The van der Waals surface area contributed by atoms with Crippen LogP contribution in [0.1, 0.15) is 18.0 Å². The molecular formula is C18H20BrN3O5. The summed E-state index contributed by atoms with van der Waals surface area (Å²) in [5.41, 5.74) is 1.43. The van der Waals surface area contributed by atoms with Crippen molar-refractivity contribution in [3.05, 3.63) is 34.4 Å². The van der Waals surface area contributed by atoms with Gasteiger partial charge in [0, 0.05) is 59.9 Å². The Kier molecular flexibility index (Phi) is 5.81. The molecule has 1 saturated heterocycles. The monoisotopic (exact) mass is 437 g/mol. The molecule has 1 aromatic carbocycles. The Balaban J connectivity index is 2.01. The third-order valence-corrected chi connectivity index (χ3v) is 5.33. The maximum absolute atomic E-state index is 12.1. The molecule has 9 heteroatoms. The molecule has 1 aliphatic heterocycles. The molecule has 1 aromatic heterocycles. The van der Waals surface area contributed by atoms with Crippen LogP contribution in [-0.2, 0) is 20.9 Å². The van der Waals surface area contributed by atoms with E-state index in [1.54, 1.807) is 15.7 Å². The first kappa shape index (κ1) is 19.4. The van der Waals surface area contributed by atoms with E-state index in [1.807, 2.05) is 23.1 Å². The molecule has 0 aliphatic carbocycles. The zero-order valence-corrected chi connectivity index (χ0v) is 16.1. The molecule has 0 unspecified atom stereocenters. The maximum Gasteiger partial charge on any atom is 0.325 e. The Labute approximate surface area is 164 Å². The van der Waals surface area contributed by atoms with Crippen molar-refractivity contribution in [2.24, 2.45) is 0 Å². The van der Waals surface area contributed by atoms with Crippen molar-refractivity contribution in [2.45, 2.75) is 19.0 Å². The number of hydrogen-bond acceptors (Lipinski definition) is 4. The molecule has 0 radical (unpaired) electrons. The predicted molar refractivity (Wildman–Crippen MR) is 101 cm³/mol. The molecule has 2 N–H and O–H groups in total. The number of aryl methyl sites for hydroxylation is 1. The second-order valence-corrected chi connectivity index (χ2v) is 7.42. The van der Waals surface area contributed by atoms with Crippen LogP contribution < -0.4 is 0 Å². The highest BCUT2D eigenvalue weighted by atomic mass is 79.9. The minimum Gasteiger partial charge on any atom is -0.481 e. The molecule has 3 rings (SSSR count). The van der Waals surface area contributed by atoms with Gasteiger partial charge in [-0.05, 0) is 18.2 Å². The van der Waals surface area contributed by atoms with Crippen LogP contribution in [0.5, 0.6) is 0 Å². The molecule has 0 bridgehead atoms. The lowest BCUT2D eigenvalue weighted by molar-refractivity contribution is -0.144. The minimum atomic E-state index is -0.966. The smallest absolute Gasteiger partial charge is 0.325 e. The van der Waals surface area contributed by atoms with E-state index in [-0.39, 0.29) is 13.0 Å². The van der Waals surface area contributed by atoms with Gasteiger partial charge in [0.1, 0.15) is 6.04 Å². The molecule has 0 saturated carbocycles. The summed E-state index contributed by atoms with van der Waals surface area (Å²) < 4.78 is 2.62. The summed E-state index contributed by atoms with van der Waals surface area (Å²) in [6.07, 6.45) is 2.47. The SMILES string of the molecule is O=CN1CCN([C@H](C(=O)O)c2cn(CCC(=O)O)c3ccc(Br)cc23)CC1. The summed E-state index contributed by atoms with van der Waals surface area (Å²) in [7, 11) is 0. The molecule has 2 aromatic rings. The van der Waals surface area contributed by atoms with Gasteiger partial charge in [0.15, 0.2) is 0 Å². The molecule has 1 fully saturated rings. The van der Waals surface area contributed by atoms with Gasteiger partial charge < -0.3 is 19.7 Å². The average Bonchev–Trinajstić information content (AvgIpc) is 2.98. The Morgan fingerprint density at radius 2 is 1.89 bits per heavy atom. The fourth-order valence-corrected chi connectivity index (χ4v) is 3.86. The van der Waals surface area contributed by atoms with Crippen LogP contribution in [0, 0.1) is 0 Å². The van der Waals surface area contributed by atoms with Crippen molar-refractivity contribution in [3.63, 3.8) is 0 Å². The Hall–Kier alpha value is -2.39. The number of aliphatic carboxylic acids is 2. The highest BCUT2D eigenvalue weighted by Gasteiger charge is 2.32. The van der Waals surface area contributed by atoms with Crippen LogP contribution in [0.3, 0.4) is 0 Å². The van der Waals surface area contributed by atoms with E-state index in [4.69, 9.17) is 5.11 Å². The zero-order valence-electron chi connectivity index (χ0n) is 14.5. The molecule has 1 atom stereocenters. The van der Waals surface area contributed by atoms with Crippen LogP contribution in [0.4, 0.5) is 0 Å². The standard InChI is InChI=1S/C18H20BrN3O5/c19-12-1-2-15-13(9-12)14(10-22(15)4-3-16(24)25)17(18(26)27)21-7-5-20(11-23)6-8-21/h1-2,9-11,17H,3-8H2,(H,24,25)(H,26,27)/t17-/m0/s1. The Bertz CT molecular complexity index is 873. The number of hydrogen-bond donors (Lipinski definition) is 2. The van der Waals surface area contributed by atoms with Crippen LogP contribution in [-0.4, -0.2) is 69.1 Å². The van der Waals surface area contributed by atoms with E-state index >= 15 is 0 Å². The lowest BCUT2D eigenvalue weighted by Gasteiger charge is -2.36. The number of amides is 1. The third kappa shape index (κ3) is 4.14. The fourth-order valence-electron chi connectivity index (χ4n) is 3.50. The first-order valence-corrected chi connectivity index (χ1v) is 9.36. The third-order valence-electron chi connectivity index (χ3n) is 4.83. The quantitative estimate of drug-likeness (QED) is 0.639. The van der Waals surface area contributed by atoms with Gasteiger partial charge >= 0.3 is 11.9 Å².